The minimum atomic E-state index is -0.483. The van der Waals surface area contributed by atoms with Crippen LogP contribution < -0.4 is 11.1 Å². The first-order valence-electron chi connectivity index (χ1n) is 6.49. The number of aryl methyl sites for hydroxylation is 1. The first-order valence-corrected chi connectivity index (χ1v) is 6.49. The van der Waals surface area contributed by atoms with Gasteiger partial charge in [-0.15, -0.1) is 0 Å². The van der Waals surface area contributed by atoms with Gasteiger partial charge in [0.2, 0.25) is 0 Å². The molecule has 2 aromatic rings. The van der Waals surface area contributed by atoms with E-state index >= 15 is 0 Å². The molecule has 0 atom stereocenters. The fourth-order valence-electron chi connectivity index (χ4n) is 1.98. The van der Waals surface area contributed by atoms with Crippen LogP contribution in [0, 0.1) is 12.7 Å². The van der Waals surface area contributed by atoms with Gasteiger partial charge in [-0.25, -0.2) is 4.39 Å². The number of halogens is 1. The lowest BCUT2D eigenvalue weighted by molar-refractivity contribution is 0.318. The number of rotatable bonds is 5. The molecule has 0 bridgehead atoms. The van der Waals surface area contributed by atoms with E-state index in [9.17, 15) is 4.39 Å². The lowest BCUT2D eigenvalue weighted by Crippen LogP contribution is -2.19. The molecular formula is C15H17FN4O. The molecule has 4 N–H and O–H groups in total. The summed E-state index contributed by atoms with van der Waals surface area (Å²) < 4.78 is 14.2. The molecule has 0 unspecified atom stereocenters. The number of benzene rings is 1. The van der Waals surface area contributed by atoms with Gasteiger partial charge >= 0.3 is 0 Å². The topological polar surface area (TPSA) is 83.5 Å². The van der Waals surface area contributed by atoms with Crippen LogP contribution in [0.3, 0.4) is 0 Å². The predicted molar refractivity (Wildman–Crippen MR) is 78.4 cm³/mol. The molecule has 1 aromatic carbocycles. The Bertz CT molecular complexity index is 658. The third-order valence-electron chi connectivity index (χ3n) is 3.24. The standard InChI is InChI=1S/C15H17FN4O/c1-10-5-6-18-8-12(10)9-19-7-11-3-2-4-13(14(11)16)15(17)20-21/h2-6,8,19,21H,7,9H2,1H3,(H2,17,20). The largest absolute Gasteiger partial charge is 0.409 e. The zero-order chi connectivity index (χ0) is 15.2. The molecule has 0 aliphatic rings. The summed E-state index contributed by atoms with van der Waals surface area (Å²) in [5.74, 6) is -0.722. The van der Waals surface area contributed by atoms with Crippen molar-refractivity contribution in [1.82, 2.24) is 10.3 Å². The fraction of sp³-hybridized carbons (Fsp3) is 0.200. The van der Waals surface area contributed by atoms with Crippen molar-refractivity contribution in [2.24, 2.45) is 10.9 Å². The zero-order valence-electron chi connectivity index (χ0n) is 11.7. The summed E-state index contributed by atoms with van der Waals surface area (Å²) >= 11 is 0. The normalized spacial score (nSPS) is 11.6. The Labute approximate surface area is 122 Å². The average Bonchev–Trinajstić information content (AvgIpc) is 2.50. The second-order valence-electron chi connectivity index (χ2n) is 4.67. The third-order valence-corrected chi connectivity index (χ3v) is 3.24. The van der Waals surface area contributed by atoms with E-state index in [1.165, 1.54) is 6.07 Å². The Hall–Kier alpha value is -2.47. The van der Waals surface area contributed by atoms with Gasteiger partial charge in [-0.2, -0.15) is 0 Å². The molecule has 0 amide bonds. The van der Waals surface area contributed by atoms with E-state index in [-0.39, 0.29) is 11.4 Å². The number of nitrogens with zero attached hydrogens (tertiary/aromatic N) is 2. The highest BCUT2D eigenvalue weighted by atomic mass is 19.1. The predicted octanol–water partition coefficient (Wildman–Crippen LogP) is 1.91. The molecule has 0 fully saturated rings. The van der Waals surface area contributed by atoms with Crippen LogP contribution in [-0.2, 0) is 13.1 Å². The highest BCUT2D eigenvalue weighted by Crippen LogP contribution is 2.13. The van der Waals surface area contributed by atoms with E-state index in [1.807, 2.05) is 13.0 Å². The average molecular weight is 288 g/mol. The highest BCUT2D eigenvalue weighted by molar-refractivity contribution is 5.97. The molecule has 0 aliphatic carbocycles. The summed E-state index contributed by atoms with van der Waals surface area (Å²) in [6.07, 6.45) is 3.52. The smallest absolute Gasteiger partial charge is 0.173 e. The van der Waals surface area contributed by atoms with Gasteiger partial charge in [0.25, 0.3) is 0 Å². The molecular weight excluding hydrogens is 271 g/mol. The van der Waals surface area contributed by atoms with Gasteiger partial charge in [0.15, 0.2) is 5.84 Å². The van der Waals surface area contributed by atoms with Crippen LogP contribution in [0.25, 0.3) is 0 Å². The first-order chi connectivity index (χ1) is 10.1. The molecule has 0 spiro atoms. The van der Waals surface area contributed by atoms with Crippen molar-refractivity contribution in [2.75, 3.05) is 0 Å². The van der Waals surface area contributed by atoms with Gasteiger partial charge in [0.1, 0.15) is 5.82 Å². The van der Waals surface area contributed by atoms with Crippen LogP contribution in [0.15, 0.2) is 41.8 Å². The summed E-state index contributed by atoms with van der Waals surface area (Å²) in [5, 5.41) is 14.6. The molecule has 110 valence electrons. The number of nitrogens with two attached hydrogens (primary N) is 1. The number of hydrogen-bond acceptors (Lipinski definition) is 4. The van der Waals surface area contributed by atoms with Crippen molar-refractivity contribution >= 4 is 5.84 Å². The molecule has 21 heavy (non-hydrogen) atoms. The van der Waals surface area contributed by atoms with Gasteiger partial charge in [-0.1, -0.05) is 17.3 Å². The highest BCUT2D eigenvalue weighted by Gasteiger charge is 2.11. The molecule has 5 nitrogen and oxygen atoms in total. The summed E-state index contributed by atoms with van der Waals surface area (Å²) in [7, 11) is 0. The van der Waals surface area contributed by atoms with Crippen LogP contribution >= 0.6 is 0 Å². The second kappa shape index (κ2) is 6.81. The summed E-state index contributed by atoms with van der Waals surface area (Å²) in [4.78, 5) is 4.06. The fourth-order valence-corrected chi connectivity index (χ4v) is 1.98. The summed E-state index contributed by atoms with van der Waals surface area (Å²) in [6.45, 7) is 2.93. The van der Waals surface area contributed by atoms with Crippen LogP contribution in [0.2, 0.25) is 0 Å². The second-order valence-corrected chi connectivity index (χ2v) is 4.67. The van der Waals surface area contributed by atoms with Crippen LogP contribution in [0.4, 0.5) is 4.39 Å². The Morgan fingerprint density at radius 2 is 2.10 bits per heavy atom. The molecule has 0 radical (unpaired) electrons. The van der Waals surface area contributed by atoms with Gasteiger partial charge in [0.05, 0.1) is 5.56 Å². The van der Waals surface area contributed by atoms with Crippen molar-refractivity contribution in [3.8, 4) is 0 Å². The summed E-state index contributed by atoms with van der Waals surface area (Å²) in [6, 6.07) is 6.73. The Morgan fingerprint density at radius 1 is 1.33 bits per heavy atom. The molecule has 1 heterocycles. The van der Waals surface area contributed by atoms with E-state index in [4.69, 9.17) is 10.9 Å². The van der Waals surface area contributed by atoms with Gasteiger partial charge in [-0.3, -0.25) is 4.98 Å². The van der Waals surface area contributed by atoms with Crippen molar-refractivity contribution in [1.29, 1.82) is 0 Å². The lowest BCUT2D eigenvalue weighted by Gasteiger charge is -2.10. The zero-order valence-corrected chi connectivity index (χ0v) is 11.7. The molecule has 0 aliphatic heterocycles. The minimum Gasteiger partial charge on any atom is -0.409 e. The lowest BCUT2D eigenvalue weighted by atomic mass is 10.1. The van der Waals surface area contributed by atoms with Crippen molar-refractivity contribution in [3.05, 3.63) is 64.7 Å². The van der Waals surface area contributed by atoms with E-state index in [0.29, 0.717) is 18.7 Å². The quantitative estimate of drug-likeness (QED) is 0.340. The number of nitrogens with one attached hydrogen (secondary N) is 1. The van der Waals surface area contributed by atoms with Gasteiger partial charge in [0, 0.05) is 31.0 Å². The van der Waals surface area contributed by atoms with Crippen molar-refractivity contribution in [2.45, 2.75) is 20.0 Å². The molecule has 0 saturated heterocycles. The van der Waals surface area contributed by atoms with Crippen LogP contribution in [-0.4, -0.2) is 16.0 Å². The Morgan fingerprint density at radius 3 is 2.81 bits per heavy atom. The first kappa shape index (κ1) is 14.9. The molecule has 2 rings (SSSR count). The summed E-state index contributed by atoms with van der Waals surface area (Å²) in [5.41, 5.74) is 8.17. The van der Waals surface area contributed by atoms with Crippen LogP contribution in [0.1, 0.15) is 22.3 Å². The van der Waals surface area contributed by atoms with Gasteiger partial charge in [-0.05, 0) is 30.2 Å². The van der Waals surface area contributed by atoms with Crippen LogP contribution in [0.5, 0.6) is 0 Å². The maximum absolute atomic E-state index is 14.2. The monoisotopic (exact) mass is 288 g/mol. The Kier molecular flexibility index (Phi) is 4.84. The van der Waals surface area contributed by atoms with E-state index in [1.54, 1.807) is 24.5 Å². The van der Waals surface area contributed by atoms with E-state index in [0.717, 1.165) is 11.1 Å². The van der Waals surface area contributed by atoms with E-state index in [2.05, 4.69) is 15.5 Å². The maximum atomic E-state index is 14.2. The minimum absolute atomic E-state index is 0.0920. The number of oxime groups is 1. The molecule has 6 heteroatoms. The maximum Gasteiger partial charge on any atom is 0.173 e. The van der Waals surface area contributed by atoms with E-state index < -0.39 is 5.82 Å². The molecule has 1 aromatic heterocycles. The number of pyridine rings is 1. The molecule has 0 saturated carbocycles. The van der Waals surface area contributed by atoms with Gasteiger partial charge < -0.3 is 16.3 Å². The van der Waals surface area contributed by atoms with Crippen molar-refractivity contribution < 1.29 is 9.60 Å². The third kappa shape index (κ3) is 3.55. The number of amidine groups is 1. The van der Waals surface area contributed by atoms with Crippen molar-refractivity contribution in [3.63, 3.8) is 0 Å². The Balaban J connectivity index is 2.06. The number of hydrogen-bond donors (Lipinski definition) is 3. The SMILES string of the molecule is Cc1ccncc1CNCc1cccc(/C(N)=N/O)c1F. The number of aromatic nitrogens is 1.